The van der Waals surface area contributed by atoms with Gasteiger partial charge in [-0.05, 0) is 50.6 Å². The summed E-state index contributed by atoms with van der Waals surface area (Å²) in [6.07, 6.45) is 2.13. The van der Waals surface area contributed by atoms with Crippen molar-refractivity contribution in [3.8, 4) is 17.0 Å². The SMILES string of the molecule is CCCCn1nc(NC(=O)c2cc(-c3ccc(OC)cc3)nc3c2c(C)nn3C)cc1C. The average molecular weight is 433 g/mol. The van der Waals surface area contributed by atoms with Gasteiger partial charge in [-0.3, -0.25) is 14.2 Å². The Hall–Kier alpha value is -3.68. The maximum Gasteiger partial charge on any atom is 0.257 e. The Bertz CT molecular complexity index is 1270. The van der Waals surface area contributed by atoms with Crippen molar-refractivity contribution < 1.29 is 9.53 Å². The number of ether oxygens (including phenoxy) is 1. The molecule has 8 heteroatoms. The van der Waals surface area contributed by atoms with Crippen molar-refractivity contribution in [1.82, 2.24) is 24.5 Å². The van der Waals surface area contributed by atoms with Crippen LogP contribution in [0.1, 0.15) is 41.5 Å². The van der Waals surface area contributed by atoms with Gasteiger partial charge in [0.25, 0.3) is 5.91 Å². The standard InChI is InChI=1S/C24H28N6O2/c1-6-7-12-30-15(2)13-21(28-30)26-24(31)19-14-20(17-8-10-18(32-5)11-9-17)25-23-22(19)16(3)27-29(23)4/h8-11,13-14H,6-7,12H2,1-5H3,(H,26,28,31). The Labute approximate surface area is 187 Å². The molecule has 3 heterocycles. The van der Waals surface area contributed by atoms with Crippen molar-refractivity contribution >= 4 is 22.8 Å². The van der Waals surface area contributed by atoms with Crippen LogP contribution in [0.3, 0.4) is 0 Å². The third kappa shape index (κ3) is 4.08. The molecule has 0 bridgehead atoms. The second kappa shape index (κ2) is 8.82. The molecule has 0 saturated heterocycles. The summed E-state index contributed by atoms with van der Waals surface area (Å²) in [4.78, 5) is 18.1. The van der Waals surface area contributed by atoms with Crippen molar-refractivity contribution in [3.63, 3.8) is 0 Å². The van der Waals surface area contributed by atoms with Gasteiger partial charge in [0.1, 0.15) is 5.75 Å². The summed E-state index contributed by atoms with van der Waals surface area (Å²) < 4.78 is 8.89. The Kier molecular flexibility index (Phi) is 5.94. The summed E-state index contributed by atoms with van der Waals surface area (Å²) in [5.41, 5.74) is 4.53. The van der Waals surface area contributed by atoms with Crippen LogP contribution in [-0.4, -0.2) is 37.6 Å². The molecule has 8 nitrogen and oxygen atoms in total. The summed E-state index contributed by atoms with van der Waals surface area (Å²) >= 11 is 0. The van der Waals surface area contributed by atoms with E-state index in [1.165, 1.54) is 0 Å². The maximum atomic E-state index is 13.4. The largest absolute Gasteiger partial charge is 0.497 e. The number of hydrogen-bond donors (Lipinski definition) is 1. The van der Waals surface area contributed by atoms with Gasteiger partial charge in [-0.15, -0.1) is 0 Å². The molecular formula is C24H28N6O2. The van der Waals surface area contributed by atoms with Gasteiger partial charge in [0.2, 0.25) is 0 Å². The van der Waals surface area contributed by atoms with Crippen LogP contribution in [0.5, 0.6) is 5.75 Å². The number of amides is 1. The van der Waals surface area contributed by atoms with Gasteiger partial charge >= 0.3 is 0 Å². The molecule has 32 heavy (non-hydrogen) atoms. The van der Waals surface area contributed by atoms with Crippen molar-refractivity contribution in [3.05, 3.63) is 53.3 Å². The number of carbonyl (C=O) groups excluding carboxylic acids is 1. The number of unbranched alkanes of at least 4 members (excludes halogenated alkanes) is 1. The van der Waals surface area contributed by atoms with Gasteiger partial charge in [0, 0.05) is 30.9 Å². The van der Waals surface area contributed by atoms with Crippen LogP contribution >= 0.6 is 0 Å². The molecule has 166 valence electrons. The Morgan fingerprint density at radius 1 is 1.12 bits per heavy atom. The van der Waals surface area contributed by atoms with Gasteiger partial charge in [0.05, 0.1) is 29.4 Å². The number of nitrogens with one attached hydrogen (secondary N) is 1. The molecule has 1 N–H and O–H groups in total. The molecular weight excluding hydrogens is 404 g/mol. The van der Waals surface area contributed by atoms with E-state index in [0.29, 0.717) is 22.7 Å². The molecule has 0 aliphatic heterocycles. The van der Waals surface area contributed by atoms with Crippen LogP contribution in [0, 0.1) is 13.8 Å². The normalized spacial score (nSPS) is 11.2. The number of anilines is 1. The first-order chi connectivity index (χ1) is 15.4. The quantitative estimate of drug-likeness (QED) is 0.464. The van der Waals surface area contributed by atoms with E-state index in [2.05, 4.69) is 22.4 Å². The highest BCUT2D eigenvalue weighted by molar-refractivity contribution is 6.13. The minimum Gasteiger partial charge on any atom is -0.497 e. The molecule has 1 aromatic carbocycles. The number of aryl methyl sites for hydroxylation is 4. The molecule has 0 fully saturated rings. The highest BCUT2D eigenvalue weighted by atomic mass is 16.5. The lowest BCUT2D eigenvalue weighted by Crippen LogP contribution is -2.14. The molecule has 0 saturated carbocycles. The highest BCUT2D eigenvalue weighted by Gasteiger charge is 2.20. The van der Waals surface area contributed by atoms with E-state index in [-0.39, 0.29) is 5.91 Å². The molecule has 0 aliphatic rings. The summed E-state index contributed by atoms with van der Waals surface area (Å²) in [5.74, 6) is 1.07. The molecule has 0 unspecified atom stereocenters. The number of benzene rings is 1. The van der Waals surface area contributed by atoms with Crippen LogP contribution in [0.25, 0.3) is 22.3 Å². The smallest absolute Gasteiger partial charge is 0.257 e. The monoisotopic (exact) mass is 432 g/mol. The minimum absolute atomic E-state index is 0.233. The van der Waals surface area contributed by atoms with Crippen molar-refractivity contribution in [2.75, 3.05) is 12.4 Å². The van der Waals surface area contributed by atoms with E-state index in [9.17, 15) is 4.79 Å². The lowest BCUT2D eigenvalue weighted by molar-refractivity contribution is 0.102. The lowest BCUT2D eigenvalue weighted by Gasteiger charge is -2.09. The van der Waals surface area contributed by atoms with Crippen LogP contribution in [0.2, 0.25) is 0 Å². The first-order valence-corrected chi connectivity index (χ1v) is 10.8. The van der Waals surface area contributed by atoms with E-state index in [0.717, 1.165) is 47.5 Å². The van der Waals surface area contributed by atoms with Gasteiger partial charge in [-0.1, -0.05) is 13.3 Å². The second-order valence-electron chi connectivity index (χ2n) is 7.89. The number of rotatable bonds is 7. The number of pyridine rings is 1. The van der Waals surface area contributed by atoms with Crippen LogP contribution in [-0.2, 0) is 13.6 Å². The van der Waals surface area contributed by atoms with E-state index in [4.69, 9.17) is 9.72 Å². The number of aromatic nitrogens is 5. The zero-order valence-corrected chi connectivity index (χ0v) is 19.1. The zero-order chi connectivity index (χ0) is 22.8. The van der Waals surface area contributed by atoms with E-state index in [1.807, 2.05) is 62.0 Å². The molecule has 1 amide bonds. The summed E-state index contributed by atoms with van der Waals surface area (Å²) in [5, 5.41) is 12.7. The first kappa shape index (κ1) is 21.5. The molecule has 0 spiro atoms. The average Bonchev–Trinajstić information content (AvgIpc) is 3.29. The van der Waals surface area contributed by atoms with Crippen LogP contribution in [0.15, 0.2) is 36.4 Å². The van der Waals surface area contributed by atoms with Gasteiger partial charge in [-0.2, -0.15) is 10.2 Å². The Morgan fingerprint density at radius 2 is 1.88 bits per heavy atom. The third-order valence-corrected chi connectivity index (χ3v) is 5.55. The van der Waals surface area contributed by atoms with E-state index >= 15 is 0 Å². The molecule has 0 aliphatic carbocycles. The van der Waals surface area contributed by atoms with Gasteiger partial charge < -0.3 is 10.1 Å². The number of carbonyl (C=O) groups is 1. The fourth-order valence-electron chi connectivity index (χ4n) is 3.82. The van der Waals surface area contributed by atoms with Crippen molar-refractivity contribution in [1.29, 1.82) is 0 Å². The molecule has 0 atom stereocenters. The molecule has 4 rings (SSSR count). The lowest BCUT2D eigenvalue weighted by atomic mass is 10.0. The van der Waals surface area contributed by atoms with E-state index in [1.54, 1.807) is 11.8 Å². The topological polar surface area (TPSA) is 86.9 Å². The third-order valence-electron chi connectivity index (χ3n) is 5.55. The number of methoxy groups -OCH3 is 1. The molecule has 3 aromatic heterocycles. The van der Waals surface area contributed by atoms with E-state index < -0.39 is 0 Å². The zero-order valence-electron chi connectivity index (χ0n) is 19.1. The Morgan fingerprint density at radius 3 is 2.56 bits per heavy atom. The predicted octanol–water partition coefficient (Wildman–Crippen LogP) is 4.51. The predicted molar refractivity (Wildman–Crippen MR) is 125 cm³/mol. The van der Waals surface area contributed by atoms with Crippen molar-refractivity contribution in [2.24, 2.45) is 7.05 Å². The highest BCUT2D eigenvalue weighted by Crippen LogP contribution is 2.28. The van der Waals surface area contributed by atoms with Crippen molar-refractivity contribution in [2.45, 2.75) is 40.2 Å². The van der Waals surface area contributed by atoms with Gasteiger partial charge in [-0.25, -0.2) is 4.98 Å². The second-order valence-corrected chi connectivity index (χ2v) is 7.89. The number of hydrogen-bond acceptors (Lipinski definition) is 5. The fraction of sp³-hybridized carbons (Fsp3) is 0.333. The first-order valence-electron chi connectivity index (χ1n) is 10.8. The Balaban J connectivity index is 1.74. The number of fused-ring (bicyclic) bond motifs is 1. The summed E-state index contributed by atoms with van der Waals surface area (Å²) in [6, 6.07) is 11.3. The van der Waals surface area contributed by atoms with Crippen LogP contribution < -0.4 is 10.1 Å². The number of nitrogens with zero attached hydrogens (tertiary/aromatic N) is 5. The fourth-order valence-corrected chi connectivity index (χ4v) is 3.82. The minimum atomic E-state index is -0.233. The summed E-state index contributed by atoms with van der Waals surface area (Å²) in [6.45, 7) is 6.86. The van der Waals surface area contributed by atoms with Gasteiger partial charge in [0.15, 0.2) is 11.5 Å². The molecule has 4 aromatic rings. The van der Waals surface area contributed by atoms with Crippen LogP contribution in [0.4, 0.5) is 5.82 Å². The summed E-state index contributed by atoms with van der Waals surface area (Å²) in [7, 11) is 3.46. The molecule has 0 radical (unpaired) electrons. The maximum absolute atomic E-state index is 13.4.